The van der Waals surface area contributed by atoms with Gasteiger partial charge in [0.1, 0.15) is 0 Å². The lowest BCUT2D eigenvalue weighted by Crippen LogP contribution is -2.20. The minimum absolute atomic E-state index is 0.301. The highest BCUT2D eigenvalue weighted by Crippen LogP contribution is 2.17. The van der Waals surface area contributed by atoms with Gasteiger partial charge in [-0.2, -0.15) is 0 Å². The Balaban J connectivity index is 2.01. The molecule has 0 aromatic heterocycles. The van der Waals surface area contributed by atoms with Crippen molar-refractivity contribution >= 4 is 11.6 Å². The average molecular weight is 303 g/mol. The molecular weight excluding hydrogens is 280 g/mol. The molecule has 0 radical (unpaired) electrons. The van der Waals surface area contributed by atoms with Gasteiger partial charge in [0.15, 0.2) is 0 Å². The summed E-state index contributed by atoms with van der Waals surface area (Å²) in [4.78, 5) is 2.20. The number of nitrogens with zero attached hydrogens (tertiary/aromatic N) is 1. The van der Waals surface area contributed by atoms with Crippen LogP contribution in [0.1, 0.15) is 29.7 Å². The van der Waals surface area contributed by atoms with Crippen LogP contribution in [0.25, 0.3) is 0 Å². The molecule has 0 fully saturated rings. The molecule has 0 saturated carbocycles. The Kier molecular flexibility index (Phi) is 5.80. The summed E-state index contributed by atoms with van der Waals surface area (Å²) in [6.07, 6.45) is 0. The van der Waals surface area contributed by atoms with E-state index in [-0.39, 0.29) is 0 Å². The van der Waals surface area contributed by atoms with Gasteiger partial charge in [0, 0.05) is 24.2 Å². The van der Waals surface area contributed by atoms with Gasteiger partial charge in [0.2, 0.25) is 0 Å². The van der Waals surface area contributed by atoms with E-state index >= 15 is 0 Å². The van der Waals surface area contributed by atoms with Crippen molar-refractivity contribution in [3.8, 4) is 0 Å². The fourth-order valence-corrected chi connectivity index (χ4v) is 2.48. The topological polar surface area (TPSA) is 15.3 Å². The second-order valence-electron chi connectivity index (χ2n) is 5.66. The predicted octanol–water partition coefficient (Wildman–Crippen LogP) is 4.25. The maximum atomic E-state index is 5.93. The third-order valence-electron chi connectivity index (χ3n) is 3.57. The first-order valence-corrected chi connectivity index (χ1v) is 7.64. The van der Waals surface area contributed by atoms with Crippen LogP contribution >= 0.6 is 11.6 Å². The van der Waals surface area contributed by atoms with E-state index < -0.39 is 0 Å². The molecular formula is C18H23ClN2. The summed E-state index contributed by atoms with van der Waals surface area (Å²) in [5.74, 6) is 0. The van der Waals surface area contributed by atoms with Crippen LogP contribution in [0.4, 0.5) is 0 Å². The summed E-state index contributed by atoms with van der Waals surface area (Å²) >= 11 is 5.93. The SMILES string of the molecule is CC(NCc1ccccc1CN(C)C)c1ccc(Cl)cc1. The number of halogens is 1. The summed E-state index contributed by atoms with van der Waals surface area (Å²) in [7, 11) is 4.20. The van der Waals surface area contributed by atoms with E-state index in [1.807, 2.05) is 12.1 Å². The lowest BCUT2D eigenvalue weighted by atomic mass is 10.1. The van der Waals surface area contributed by atoms with Crippen molar-refractivity contribution in [2.24, 2.45) is 0 Å². The van der Waals surface area contributed by atoms with Crippen LogP contribution in [0.3, 0.4) is 0 Å². The zero-order valence-corrected chi connectivity index (χ0v) is 13.7. The van der Waals surface area contributed by atoms with E-state index in [1.165, 1.54) is 16.7 Å². The molecule has 0 heterocycles. The van der Waals surface area contributed by atoms with Crippen molar-refractivity contribution in [3.63, 3.8) is 0 Å². The van der Waals surface area contributed by atoms with E-state index in [1.54, 1.807) is 0 Å². The van der Waals surface area contributed by atoms with Crippen molar-refractivity contribution in [2.45, 2.75) is 26.1 Å². The van der Waals surface area contributed by atoms with Crippen LogP contribution < -0.4 is 5.32 Å². The monoisotopic (exact) mass is 302 g/mol. The summed E-state index contributed by atoms with van der Waals surface area (Å²) in [6.45, 7) is 4.01. The van der Waals surface area contributed by atoms with Crippen molar-refractivity contribution < 1.29 is 0 Å². The maximum absolute atomic E-state index is 5.93. The highest BCUT2D eigenvalue weighted by Gasteiger charge is 2.07. The molecule has 21 heavy (non-hydrogen) atoms. The third-order valence-corrected chi connectivity index (χ3v) is 3.83. The molecule has 0 aliphatic heterocycles. The molecule has 2 rings (SSSR count). The van der Waals surface area contributed by atoms with Crippen molar-refractivity contribution in [2.75, 3.05) is 14.1 Å². The van der Waals surface area contributed by atoms with Crippen molar-refractivity contribution in [1.82, 2.24) is 10.2 Å². The molecule has 0 aliphatic rings. The van der Waals surface area contributed by atoms with Crippen LogP contribution in [-0.4, -0.2) is 19.0 Å². The van der Waals surface area contributed by atoms with E-state index in [0.717, 1.165) is 18.1 Å². The standard InChI is InChI=1S/C18H23ClN2/c1-14(15-8-10-18(19)11-9-15)20-12-16-6-4-5-7-17(16)13-21(2)3/h4-11,14,20H,12-13H2,1-3H3. The van der Waals surface area contributed by atoms with E-state index in [2.05, 4.69) is 67.6 Å². The van der Waals surface area contributed by atoms with E-state index in [0.29, 0.717) is 6.04 Å². The Morgan fingerprint density at radius 3 is 2.24 bits per heavy atom. The molecule has 0 amide bonds. The molecule has 112 valence electrons. The van der Waals surface area contributed by atoms with Gasteiger partial charge in [-0.15, -0.1) is 0 Å². The lowest BCUT2D eigenvalue weighted by molar-refractivity contribution is 0.400. The van der Waals surface area contributed by atoms with Crippen LogP contribution in [-0.2, 0) is 13.1 Å². The molecule has 0 aliphatic carbocycles. The molecule has 3 heteroatoms. The summed E-state index contributed by atoms with van der Waals surface area (Å²) < 4.78 is 0. The molecule has 0 spiro atoms. The fourth-order valence-electron chi connectivity index (χ4n) is 2.36. The first-order chi connectivity index (χ1) is 10.1. The summed E-state index contributed by atoms with van der Waals surface area (Å²) in [5, 5.41) is 4.37. The Hall–Kier alpha value is -1.35. The van der Waals surface area contributed by atoms with Crippen LogP contribution in [0.2, 0.25) is 5.02 Å². The van der Waals surface area contributed by atoms with E-state index in [4.69, 9.17) is 11.6 Å². The average Bonchev–Trinajstić information content (AvgIpc) is 2.46. The molecule has 1 atom stereocenters. The first kappa shape index (κ1) is 16.0. The van der Waals surface area contributed by atoms with E-state index in [9.17, 15) is 0 Å². The molecule has 0 saturated heterocycles. The number of hydrogen-bond donors (Lipinski definition) is 1. The Morgan fingerprint density at radius 1 is 1.00 bits per heavy atom. The smallest absolute Gasteiger partial charge is 0.0406 e. The largest absolute Gasteiger partial charge is 0.306 e. The fraction of sp³-hybridized carbons (Fsp3) is 0.333. The Labute approximate surface area is 132 Å². The summed E-state index contributed by atoms with van der Waals surface area (Å²) in [5.41, 5.74) is 3.98. The van der Waals surface area contributed by atoms with Crippen LogP contribution in [0.15, 0.2) is 48.5 Å². The molecule has 0 bridgehead atoms. The second-order valence-corrected chi connectivity index (χ2v) is 6.10. The Bertz CT molecular complexity index is 564. The van der Waals surface area contributed by atoms with Gasteiger partial charge >= 0.3 is 0 Å². The van der Waals surface area contributed by atoms with Crippen molar-refractivity contribution in [3.05, 3.63) is 70.2 Å². The van der Waals surface area contributed by atoms with Gasteiger partial charge in [-0.3, -0.25) is 0 Å². The minimum atomic E-state index is 0.301. The maximum Gasteiger partial charge on any atom is 0.0406 e. The highest BCUT2D eigenvalue weighted by molar-refractivity contribution is 6.30. The lowest BCUT2D eigenvalue weighted by Gasteiger charge is -2.18. The first-order valence-electron chi connectivity index (χ1n) is 7.26. The second kappa shape index (κ2) is 7.60. The number of nitrogens with one attached hydrogen (secondary N) is 1. The predicted molar refractivity (Wildman–Crippen MR) is 90.5 cm³/mol. The zero-order valence-electron chi connectivity index (χ0n) is 12.9. The third kappa shape index (κ3) is 4.85. The van der Waals surface area contributed by atoms with Gasteiger partial charge in [0.25, 0.3) is 0 Å². The quantitative estimate of drug-likeness (QED) is 0.858. The molecule has 1 N–H and O–H groups in total. The van der Waals surface area contributed by atoms with Gasteiger partial charge in [-0.05, 0) is 49.8 Å². The van der Waals surface area contributed by atoms with Crippen LogP contribution in [0.5, 0.6) is 0 Å². The van der Waals surface area contributed by atoms with Gasteiger partial charge in [-0.1, -0.05) is 48.0 Å². The van der Waals surface area contributed by atoms with Gasteiger partial charge in [0.05, 0.1) is 0 Å². The number of rotatable bonds is 6. The highest BCUT2D eigenvalue weighted by atomic mass is 35.5. The minimum Gasteiger partial charge on any atom is -0.306 e. The normalized spacial score (nSPS) is 12.6. The number of hydrogen-bond acceptors (Lipinski definition) is 2. The Morgan fingerprint density at radius 2 is 1.62 bits per heavy atom. The van der Waals surface area contributed by atoms with Crippen molar-refractivity contribution in [1.29, 1.82) is 0 Å². The number of benzene rings is 2. The zero-order chi connectivity index (χ0) is 15.2. The molecule has 2 aromatic rings. The van der Waals surface area contributed by atoms with Crippen LogP contribution in [0, 0.1) is 0 Å². The van der Waals surface area contributed by atoms with Gasteiger partial charge < -0.3 is 10.2 Å². The summed E-state index contributed by atoms with van der Waals surface area (Å²) in [6, 6.07) is 16.9. The molecule has 2 nitrogen and oxygen atoms in total. The molecule has 2 aromatic carbocycles. The van der Waals surface area contributed by atoms with Gasteiger partial charge in [-0.25, -0.2) is 0 Å². The molecule has 1 unspecified atom stereocenters.